The van der Waals surface area contributed by atoms with Crippen molar-refractivity contribution in [1.29, 1.82) is 0 Å². The number of rotatable bonds is 7. The summed E-state index contributed by atoms with van der Waals surface area (Å²) in [6.07, 6.45) is 3.00. The highest BCUT2D eigenvalue weighted by atomic mass is 32.2. The molecule has 1 aliphatic rings. The molecule has 0 aromatic heterocycles. The van der Waals surface area contributed by atoms with Gasteiger partial charge < -0.3 is 9.64 Å². The molecule has 7 nitrogen and oxygen atoms in total. The van der Waals surface area contributed by atoms with E-state index in [1.54, 1.807) is 36.1 Å². The largest absolute Gasteiger partial charge is 0.452 e. The molecule has 1 aliphatic heterocycles. The van der Waals surface area contributed by atoms with Crippen LogP contribution in [-0.4, -0.2) is 50.9 Å². The highest BCUT2D eigenvalue weighted by Gasteiger charge is 2.25. The van der Waals surface area contributed by atoms with Gasteiger partial charge in [-0.2, -0.15) is 0 Å². The van der Waals surface area contributed by atoms with E-state index in [1.165, 1.54) is 28.6 Å². The number of carbonyl (C=O) groups is 2. The minimum Gasteiger partial charge on any atom is -0.452 e. The third-order valence-electron chi connectivity index (χ3n) is 5.46. The van der Waals surface area contributed by atoms with Gasteiger partial charge in [0.2, 0.25) is 0 Å². The zero-order valence-electron chi connectivity index (χ0n) is 17.9. The Labute approximate surface area is 183 Å². The summed E-state index contributed by atoms with van der Waals surface area (Å²) < 4.78 is 32.5. The van der Waals surface area contributed by atoms with Gasteiger partial charge in [-0.3, -0.25) is 9.10 Å². The van der Waals surface area contributed by atoms with Crippen LogP contribution in [0.4, 0.5) is 5.69 Å². The van der Waals surface area contributed by atoms with Crippen molar-refractivity contribution in [2.45, 2.75) is 44.0 Å². The van der Waals surface area contributed by atoms with Gasteiger partial charge in [0.25, 0.3) is 15.9 Å². The number of para-hydroxylation sites is 1. The van der Waals surface area contributed by atoms with E-state index in [2.05, 4.69) is 0 Å². The van der Waals surface area contributed by atoms with Crippen molar-refractivity contribution in [2.24, 2.45) is 0 Å². The Morgan fingerprint density at radius 1 is 1.06 bits per heavy atom. The molecular weight excluding hydrogens is 416 g/mol. The van der Waals surface area contributed by atoms with Crippen LogP contribution in [0.5, 0.6) is 0 Å². The summed E-state index contributed by atoms with van der Waals surface area (Å²) in [5.41, 5.74) is 0.764. The molecule has 2 aromatic carbocycles. The Kier molecular flexibility index (Phi) is 7.33. The molecule has 8 heteroatoms. The van der Waals surface area contributed by atoms with Crippen molar-refractivity contribution in [1.82, 2.24) is 4.90 Å². The molecule has 1 saturated heterocycles. The number of nitrogens with zero attached hydrogens (tertiary/aromatic N) is 2. The maximum absolute atomic E-state index is 13.0. The first-order chi connectivity index (χ1) is 14.8. The average molecular weight is 445 g/mol. The number of anilines is 1. The summed E-state index contributed by atoms with van der Waals surface area (Å²) in [4.78, 5) is 26.5. The molecule has 0 saturated carbocycles. The minimum absolute atomic E-state index is 0.0768. The number of benzene rings is 2. The van der Waals surface area contributed by atoms with Gasteiger partial charge in [0.05, 0.1) is 16.1 Å². The Morgan fingerprint density at radius 3 is 2.35 bits per heavy atom. The van der Waals surface area contributed by atoms with E-state index in [-0.39, 0.29) is 35.6 Å². The SMILES string of the molecule is CCN(c1ccccc1)S(=O)(=O)c1ccc(C(=O)OCC(=O)N2CCCC[C@H]2C)cc1. The van der Waals surface area contributed by atoms with E-state index in [4.69, 9.17) is 4.74 Å². The van der Waals surface area contributed by atoms with Crippen molar-refractivity contribution >= 4 is 27.6 Å². The topological polar surface area (TPSA) is 84.0 Å². The van der Waals surface area contributed by atoms with Gasteiger partial charge in [0.1, 0.15) is 0 Å². The number of esters is 1. The second kappa shape index (κ2) is 9.96. The first-order valence-corrected chi connectivity index (χ1v) is 11.9. The summed E-state index contributed by atoms with van der Waals surface area (Å²) in [6, 6.07) is 14.6. The fourth-order valence-electron chi connectivity index (χ4n) is 3.74. The van der Waals surface area contributed by atoms with Gasteiger partial charge in [-0.1, -0.05) is 18.2 Å². The number of sulfonamides is 1. The molecule has 0 aliphatic carbocycles. The van der Waals surface area contributed by atoms with Crippen LogP contribution >= 0.6 is 0 Å². The van der Waals surface area contributed by atoms with E-state index in [9.17, 15) is 18.0 Å². The molecule has 3 rings (SSSR count). The van der Waals surface area contributed by atoms with Crippen LogP contribution in [0.25, 0.3) is 0 Å². The molecule has 1 fully saturated rings. The van der Waals surface area contributed by atoms with Crippen LogP contribution in [0, 0.1) is 0 Å². The Balaban J connectivity index is 1.66. The molecule has 0 spiro atoms. The molecule has 0 unspecified atom stereocenters. The monoisotopic (exact) mass is 444 g/mol. The fourth-order valence-corrected chi connectivity index (χ4v) is 5.21. The molecule has 166 valence electrons. The standard InChI is InChI=1S/C23H28N2O5S/c1-3-25(20-10-5-4-6-11-20)31(28,29)21-14-12-19(13-15-21)23(27)30-17-22(26)24-16-8-7-9-18(24)2/h4-6,10-15,18H,3,7-9,16-17H2,1-2H3/t18-/m1/s1. The van der Waals surface area contributed by atoms with Crippen molar-refractivity contribution in [3.8, 4) is 0 Å². The molecule has 1 amide bonds. The Morgan fingerprint density at radius 2 is 1.74 bits per heavy atom. The van der Waals surface area contributed by atoms with Crippen LogP contribution in [0.3, 0.4) is 0 Å². The van der Waals surface area contributed by atoms with Crippen molar-refractivity contribution in [3.05, 3.63) is 60.2 Å². The van der Waals surface area contributed by atoms with Crippen LogP contribution in [0.1, 0.15) is 43.5 Å². The molecular formula is C23H28N2O5S. The zero-order chi connectivity index (χ0) is 22.4. The lowest BCUT2D eigenvalue weighted by molar-refractivity contribution is -0.137. The molecule has 1 atom stereocenters. The molecule has 2 aromatic rings. The lowest BCUT2D eigenvalue weighted by Crippen LogP contribution is -2.44. The van der Waals surface area contributed by atoms with E-state index in [0.717, 1.165) is 19.3 Å². The summed E-state index contributed by atoms with van der Waals surface area (Å²) in [5.74, 6) is -0.862. The van der Waals surface area contributed by atoms with Gasteiger partial charge in [-0.05, 0) is 69.5 Å². The highest BCUT2D eigenvalue weighted by Crippen LogP contribution is 2.23. The molecule has 0 bridgehead atoms. The second-order valence-corrected chi connectivity index (χ2v) is 9.40. The van der Waals surface area contributed by atoms with Crippen LogP contribution in [-0.2, 0) is 19.6 Å². The summed E-state index contributed by atoms with van der Waals surface area (Å²) in [5, 5.41) is 0. The quantitative estimate of drug-likeness (QED) is 0.611. The molecule has 1 heterocycles. The molecule has 0 radical (unpaired) electrons. The predicted octanol–water partition coefficient (Wildman–Crippen LogP) is 3.46. The third kappa shape index (κ3) is 5.25. The van der Waals surface area contributed by atoms with E-state index in [1.807, 2.05) is 13.0 Å². The van der Waals surface area contributed by atoms with Gasteiger partial charge in [-0.25, -0.2) is 13.2 Å². The van der Waals surface area contributed by atoms with Crippen LogP contribution < -0.4 is 4.31 Å². The number of hydrogen-bond donors (Lipinski definition) is 0. The van der Waals surface area contributed by atoms with Gasteiger partial charge in [-0.15, -0.1) is 0 Å². The van der Waals surface area contributed by atoms with Crippen molar-refractivity contribution < 1.29 is 22.7 Å². The number of carbonyl (C=O) groups excluding carboxylic acids is 2. The lowest BCUT2D eigenvalue weighted by Gasteiger charge is -2.33. The number of likely N-dealkylation sites (tertiary alicyclic amines) is 1. The normalized spacial score (nSPS) is 16.6. The summed E-state index contributed by atoms with van der Waals surface area (Å²) >= 11 is 0. The number of ether oxygens (including phenoxy) is 1. The maximum atomic E-state index is 13.0. The number of piperidine rings is 1. The minimum atomic E-state index is -3.77. The number of hydrogen-bond acceptors (Lipinski definition) is 5. The van der Waals surface area contributed by atoms with Crippen molar-refractivity contribution in [2.75, 3.05) is 24.0 Å². The van der Waals surface area contributed by atoms with Crippen LogP contribution in [0.2, 0.25) is 0 Å². The Hall–Kier alpha value is -2.87. The Bertz CT molecular complexity index is 1010. The summed E-state index contributed by atoms with van der Waals surface area (Å²) in [7, 11) is -3.77. The number of amides is 1. The molecule has 31 heavy (non-hydrogen) atoms. The van der Waals surface area contributed by atoms with E-state index < -0.39 is 16.0 Å². The second-order valence-electron chi connectivity index (χ2n) is 7.54. The first-order valence-electron chi connectivity index (χ1n) is 10.5. The van der Waals surface area contributed by atoms with E-state index in [0.29, 0.717) is 12.2 Å². The van der Waals surface area contributed by atoms with Crippen molar-refractivity contribution in [3.63, 3.8) is 0 Å². The smallest absolute Gasteiger partial charge is 0.338 e. The maximum Gasteiger partial charge on any atom is 0.338 e. The first kappa shape index (κ1) is 22.8. The molecule has 0 N–H and O–H groups in total. The van der Waals surface area contributed by atoms with E-state index >= 15 is 0 Å². The third-order valence-corrected chi connectivity index (χ3v) is 7.38. The zero-order valence-corrected chi connectivity index (χ0v) is 18.7. The average Bonchev–Trinajstić information content (AvgIpc) is 2.78. The highest BCUT2D eigenvalue weighted by molar-refractivity contribution is 7.92. The fraction of sp³-hybridized carbons (Fsp3) is 0.391. The van der Waals surface area contributed by atoms with Crippen LogP contribution in [0.15, 0.2) is 59.5 Å². The lowest BCUT2D eigenvalue weighted by atomic mass is 10.0. The summed E-state index contributed by atoms with van der Waals surface area (Å²) in [6.45, 7) is 4.39. The van der Waals surface area contributed by atoms with Gasteiger partial charge in [0.15, 0.2) is 6.61 Å². The van der Waals surface area contributed by atoms with Gasteiger partial charge >= 0.3 is 5.97 Å². The predicted molar refractivity (Wildman–Crippen MR) is 118 cm³/mol. The van der Waals surface area contributed by atoms with Gasteiger partial charge in [0, 0.05) is 19.1 Å².